The Balaban J connectivity index is 2.58. The molecule has 16 heavy (non-hydrogen) atoms. The summed E-state index contributed by atoms with van der Waals surface area (Å²) in [5.41, 5.74) is 8.65. The van der Waals surface area contributed by atoms with Gasteiger partial charge in [-0.1, -0.05) is 17.7 Å². The van der Waals surface area contributed by atoms with Gasteiger partial charge in [-0.2, -0.15) is 0 Å². The Morgan fingerprint density at radius 1 is 1.12 bits per heavy atom. The van der Waals surface area contributed by atoms with Crippen molar-refractivity contribution in [1.29, 1.82) is 0 Å². The van der Waals surface area contributed by atoms with E-state index in [4.69, 9.17) is 17.3 Å². The van der Waals surface area contributed by atoms with Crippen LogP contribution in [0.5, 0.6) is 0 Å². The zero-order chi connectivity index (χ0) is 11.7. The molecule has 2 aromatic rings. The fraction of sp³-hybridized carbons (Fsp3) is 0.0769. The first kappa shape index (κ1) is 11.0. The van der Waals surface area contributed by atoms with Crippen molar-refractivity contribution in [3.63, 3.8) is 0 Å². The van der Waals surface area contributed by atoms with Gasteiger partial charge in [-0.15, -0.1) is 0 Å². The quantitative estimate of drug-likeness (QED) is 0.742. The molecule has 0 atom stereocenters. The molecule has 0 unspecified atom stereocenters. The van der Waals surface area contributed by atoms with Crippen LogP contribution in [0.4, 0.5) is 10.1 Å². The topological polar surface area (TPSA) is 26.0 Å². The second-order valence-corrected chi connectivity index (χ2v) is 4.19. The molecule has 0 spiro atoms. The molecule has 0 heterocycles. The van der Waals surface area contributed by atoms with Crippen molar-refractivity contribution >= 4 is 17.3 Å². The molecule has 2 rings (SSSR count). The second kappa shape index (κ2) is 4.14. The van der Waals surface area contributed by atoms with Gasteiger partial charge in [0.15, 0.2) is 0 Å². The van der Waals surface area contributed by atoms with Gasteiger partial charge in [-0.25, -0.2) is 4.39 Å². The number of aryl methyl sites for hydroxylation is 1. The molecule has 0 aliphatic carbocycles. The summed E-state index contributed by atoms with van der Waals surface area (Å²) in [6, 6.07) is 10.1. The van der Waals surface area contributed by atoms with Gasteiger partial charge >= 0.3 is 0 Å². The average Bonchev–Trinajstić information content (AvgIpc) is 2.15. The standard InChI is InChI=1S/C13H11ClFN/c1-8-4-9(6-11(16)5-8)12-3-2-10(14)7-13(12)15/h2-7H,16H2,1H3. The minimum absolute atomic E-state index is 0.336. The van der Waals surface area contributed by atoms with Gasteiger partial charge in [0, 0.05) is 16.3 Å². The first-order valence-electron chi connectivity index (χ1n) is 4.89. The Bertz CT molecular complexity index is 517. The zero-order valence-corrected chi connectivity index (χ0v) is 9.55. The largest absolute Gasteiger partial charge is 0.399 e. The molecule has 0 radical (unpaired) electrons. The van der Waals surface area contributed by atoms with Gasteiger partial charge in [-0.05, 0) is 48.4 Å². The van der Waals surface area contributed by atoms with Crippen molar-refractivity contribution in [2.45, 2.75) is 6.92 Å². The zero-order valence-electron chi connectivity index (χ0n) is 8.80. The predicted octanol–water partition coefficient (Wildman–Crippen LogP) is 4.04. The lowest BCUT2D eigenvalue weighted by Crippen LogP contribution is -1.90. The van der Waals surface area contributed by atoms with Crippen LogP contribution in [0.15, 0.2) is 36.4 Å². The predicted molar refractivity (Wildman–Crippen MR) is 66.0 cm³/mol. The number of anilines is 1. The van der Waals surface area contributed by atoms with Crippen LogP contribution in [0.25, 0.3) is 11.1 Å². The van der Waals surface area contributed by atoms with Gasteiger partial charge in [-0.3, -0.25) is 0 Å². The summed E-state index contributed by atoms with van der Waals surface area (Å²) in [6.07, 6.45) is 0. The normalized spacial score (nSPS) is 10.4. The minimum atomic E-state index is -0.336. The van der Waals surface area contributed by atoms with Crippen molar-refractivity contribution < 1.29 is 4.39 Å². The van der Waals surface area contributed by atoms with Crippen molar-refractivity contribution in [3.05, 3.63) is 52.8 Å². The summed E-state index contributed by atoms with van der Waals surface area (Å²) in [6.45, 7) is 1.92. The monoisotopic (exact) mass is 235 g/mol. The number of hydrogen-bond acceptors (Lipinski definition) is 1. The second-order valence-electron chi connectivity index (χ2n) is 3.76. The van der Waals surface area contributed by atoms with Crippen LogP contribution >= 0.6 is 11.6 Å². The number of nitrogen functional groups attached to an aromatic ring is 1. The Kier molecular flexibility index (Phi) is 2.84. The van der Waals surface area contributed by atoms with E-state index in [1.165, 1.54) is 6.07 Å². The molecule has 0 aliphatic rings. The van der Waals surface area contributed by atoms with Crippen molar-refractivity contribution in [2.24, 2.45) is 0 Å². The summed E-state index contributed by atoms with van der Waals surface area (Å²) in [4.78, 5) is 0. The van der Waals surface area contributed by atoms with Gasteiger partial charge in [0.05, 0.1) is 0 Å². The molecular formula is C13H11ClFN. The number of benzene rings is 2. The number of hydrogen-bond donors (Lipinski definition) is 1. The Morgan fingerprint density at radius 3 is 2.50 bits per heavy atom. The SMILES string of the molecule is Cc1cc(N)cc(-c2ccc(Cl)cc2F)c1. The first-order chi connectivity index (χ1) is 7.56. The maximum absolute atomic E-state index is 13.7. The third-order valence-corrected chi connectivity index (χ3v) is 2.58. The molecule has 1 nitrogen and oxygen atoms in total. The third-order valence-electron chi connectivity index (χ3n) is 2.34. The van der Waals surface area contributed by atoms with E-state index in [0.29, 0.717) is 16.3 Å². The molecule has 2 aromatic carbocycles. The number of nitrogens with two attached hydrogens (primary N) is 1. The van der Waals surface area contributed by atoms with Gasteiger partial charge in [0.1, 0.15) is 5.82 Å². The van der Waals surface area contributed by atoms with Gasteiger partial charge < -0.3 is 5.73 Å². The lowest BCUT2D eigenvalue weighted by atomic mass is 10.0. The van der Waals surface area contributed by atoms with Crippen molar-refractivity contribution in [2.75, 3.05) is 5.73 Å². The van der Waals surface area contributed by atoms with E-state index in [2.05, 4.69) is 0 Å². The van der Waals surface area contributed by atoms with Crippen LogP contribution < -0.4 is 5.73 Å². The van der Waals surface area contributed by atoms with Crippen molar-refractivity contribution in [3.8, 4) is 11.1 Å². The van der Waals surface area contributed by atoms with Gasteiger partial charge in [0.2, 0.25) is 0 Å². The van der Waals surface area contributed by atoms with Crippen LogP contribution in [0.3, 0.4) is 0 Å². The molecular weight excluding hydrogens is 225 g/mol. The summed E-state index contributed by atoms with van der Waals surface area (Å²) in [5, 5.41) is 0.391. The Labute approximate surface area is 98.7 Å². The molecule has 0 saturated heterocycles. The number of halogens is 2. The van der Waals surface area contributed by atoms with E-state index in [1.54, 1.807) is 18.2 Å². The van der Waals surface area contributed by atoms with E-state index in [0.717, 1.165) is 11.1 Å². The van der Waals surface area contributed by atoms with Crippen LogP contribution in [0, 0.1) is 12.7 Å². The lowest BCUT2D eigenvalue weighted by molar-refractivity contribution is 0.631. The molecule has 0 aromatic heterocycles. The lowest BCUT2D eigenvalue weighted by Gasteiger charge is -2.06. The maximum Gasteiger partial charge on any atom is 0.132 e. The highest BCUT2D eigenvalue weighted by molar-refractivity contribution is 6.30. The molecule has 0 amide bonds. The fourth-order valence-corrected chi connectivity index (χ4v) is 1.85. The molecule has 0 aliphatic heterocycles. The van der Waals surface area contributed by atoms with Crippen LogP contribution in [0.2, 0.25) is 5.02 Å². The average molecular weight is 236 g/mol. The first-order valence-corrected chi connectivity index (χ1v) is 5.26. The van der Waals surface area contributed by atoms with E-state index in [-0.39, 0.29) is 5.82 Å². The maximum atomic E-state index is 13.7. The smallest absolute Gasteiger partial charge is 0.132 e. The summed E-state index contributed by atoms with van der Waals surface area (Å²) in [7, 11) is 0. The van der Waals surface area contributed by atoms with E-state index in [9.17, 15) is 4.39 Å². The summed E-state index contributed by atoms with van der Waals surface area (Å²) >= 11 is 5.70. The highest BCUT2D eigenvalue weighted by Crippen LogP contribution is 2.27. The molecule has 0 fully saturated rings. The Hall–Kier alpha value is -1.54. The highest BCUT2D eigenvalue weighted by atomic mass is 35.5. The van der Waals surface area contributed by atoms with E-state index >= 15 is 0 Å². The molecule has 3 heteroatoms. The summed E-state index contributed by atoms with van der Waals surface area (Å²) < 4.78 is 13.7. The van der Waals surface area contributed by atoms with Crippen molar-refractivity contribution in [1.82, 2.24) is 0 Å². The fourth-order valence-electron chi connectivity index (χ4n) is 1.69. The molecule has 0 saturated carbocycles. The number of rotatable bonds is 1. The molecule has 82 valence electrons. The Morgan fingerprint density at radius 2 is 1.88 bits per heavy atom. The highest BCUT2D eigenvalue weighted by Gasteiger charge is 2.06. The third kappa shape index (κ3) is 2.17. The minimum Gasteiger partial charge on any atom is -0.399 e. The summed E-state index contributed by atoms with van der Waals surface area (Å²) in [5.74, 6) is -0.336. The molecule has 2 N–H and O–H groups in total. The van der Waals surface area contributed by atoms with Crippen LogP contribution in [-0.2, 0) is 0 Å². The molecule has 0 bridgehead atoms. The van der Waals surface area contributed by atoms with E-state index in [1.807, 2.05) is 19.1 Å². The van der Waals surface area contributed by atoms with Crippen LogP contribution in [-0.4, -0.2) is 0 Å². The van der Waals surface area contributed by atoms with Crippen LogP contribution in [0.1, 0.15) is 5.56 Å². The van der Waals surface area contributed by atoms with Gasteiger partial charge in [0.25, 0.3) is 0 Å². The van der Waals surface area contributed by atoms with E-state index < -0.39 is 0 Å².